The third-order valence-corrected chi connectivity index (χ3v) is 16.2. The van der Waals surface area contributed by atoms with Gasteiger partial charge >= 0.3 is 0 Å². The van der Waals surface area contributed by atoms with E-state index in [4.69, 9.17) is 0 Å². The molecule has 6 aromatic carbocycles. The van der Waals surface area contributed by atoms with Crippen LogP contribution < -0.4 is 26.2 Å². The summed E-state index contributed by atoms with van der Waals surface area (Å²) in [6, 6.07) is 41.4. The molecule has 2 aliphatic heterocycles. The summed E-state index contributed by atoms with van der Waals surface area (Å²) >= 11 is 0. The molecule has 0 bridgehead atoms. The van der Waals surface area contributed by atoms with Crippen LogP contribution in [-0.2, 0) is 32.5 Å². The molecule has 0 N–H and O–H groups in total. The molecule has 6 aromatic rings. The Balaban J connectivity index is 1.34. The molecule has 4 aliphatic rings. The Hall–Kier alpha value is -5.02. The molecule has 0 unspecified atom stereocenters. The predicted molar refractivity (Wildman–Crippen MR) is 279 cm³/mol. The fraction of sp³-hybridized carbons (Fsp3) is 0.410. The van der Waals surface area contributed by atoms with Gasteiger partial charge in [0.05, 0.1) is 5.69 Å². The highest BCUT2D eigenvalue weighted by Crippen LogP contribution is 2.55. The fourth-order valence-corrected chi connectivity index (χ4v) is 12.6. The molecule has 328 valence electrons. The quantitative estimate of drug-likeness (QED) is 0.164. The Morgan fingerprint density at radius 3 is 1.56 bits per heavy atom. The van der Waals surface area contributed by atoms with Gasteiger partial charge in [0.15, 0.2) is 0 Å². The maximum absolute atomic E-state index is 2.72. The van der Waals surface area contributed by atoms with Crippen LogP contribution in [0.25, 0.3) is 11.1 Å². The molecule has 0 atom stereocenters. The molecule has 2 heterocycles. The van der Waals surface area contributed by atoms with Crippen LogP contribution in [0, 0.1) is 13.8 Å². The van der Waals surface area contributed by atoms with Crippen molar-refractivity contribution in [2.75, 3.05) is 9.80 Å². The number of hydrogen-bond acceptors (Lipinski definition) is 2. The van der Waals surface area contributed by atoms with Gasteiger partial charge in [-0.15, -0.1) is 0 Å². The van der Waals surface area contributed by atoms with Gasteiger partial charge in [-0.1, -0.05) is 158 Å². The molecule has 64 heavy (non-hydrogen) atoms. The van der Waals surface area contributed by atoms with E-state index < -0.39 is 0 Å². The summed E-state index contributed by atoms with van der Waals surface area (Å²) in [5.74, 6) is 0. The van der Waals surface area contributed by atoms with Crippen molar-refractivity contribution in [3.05, 3.63) is 148 Å². The van der Waals surface area contributed by atoms with Gasteiger partial charge < -0.3 is 9.80 Å². The highest BCUT2D eigenvalue weighted by atomic mass is 15.2. The van der Waals surface area contributed by atoms with E-state index in [0.717, 1.165) is 6.42 Å². The third-order valence-electron chi connectivity index (χ3n) is 16.2. The Morgan fingerprint density at radius 1 is 0.453 bits per heavy atom. The molecule has 3 heteroatoms. The van der Waals surface area contributed by atoms with Crippen LogP contribution in [0.15, 0.2) is 103 Å². The van der Waals surface area contributed by atoms with Gasteiger partial charge in [-0.25, -0.2) is 0 Å². The first-order valence-corrected chi connectivity index (χ1v) is 24.2. The van der Waals surface area contributed by atoms with Crippen LogP contribution in [0.4, 0.5) is 34.1 Å². The normalized spacial score (nSPS) is 18.5. The van der Waals surface area contributed by atoms with E-state index in [0.29, 0.717) is 0 Å². The number of anilines is 6. The van der Waals surface area contributed by atoms with Crippen molar-refractivity contribution >= 4 is 57.2 Å². The Labute approximate surface area is 386 Å². The van der Waals surface area contributed by atoms with Gasteiger partial charge in [-0.05, 0) is 175 Å². The molecule has 0 amide bonds. The average Bonchev–Trinajstić information content (AvgIpc) is 3.39. The van der Waals surface area contributed by atoms with Gasteiger partial charge in [0.2, 0.25) is 0 Å². The summed E-state index contributed by atoms with van der Waals surface area (Å²) in [7, 11) is 0. The molecule has 0 saturated carbocycles. The lowest BCUT2D eigenvalue weighted by Crippen LogP contribution is -2.61. The largest absolute Gasteiger partial charge is 0.311 e. The third kappa shape index (κ3) is 6.48. The molecule has 2 aliphatic carbocycles. The number of benzene rings is 6. The standard InChI is InChI=1S/C61H71BN2/c1-37-28-53-55-54(29-37)64(50-34-45-43(30-38(50)2)58(9,10)26-27-59(45,11)12)52-35-46-44(60(13,14)36-61(46,15)16)33-48(52)62(55)47-24-22-41(57(6,7)8)32-51(47)63(53)49-25-23-40(56(3,4)5)31-42(49)39-20-18-17-19-21-39/h17-25,28-35H,26-27,36H2,1-16H3. The lowest BCUT2D eigenvalue weighted by atomic mass is 9.33. The average molecular weight is 843 g/mol. The van der Waals surface area contributed by atoms with Crippen molar-refractivity contribution in [1.82, 2.24) is 0 Å². The maximum Gasteiger partial charge on any atom is 0.252 e. The van der Waals surface area contributed by atoms with Gasteiger partial charge in [0.1, 0.15) is 0 Å². The van der Waals surface area contributed by atoms with Crippen molar-refractivity contribution in [2.24, 2.45) is 0 Å². The molecule has 0 spiro atoms. The molecule has 0 saturated heterocycles. The SMILES string of the molecule is Cc1cc2c3c(c1)N(c1ccc(C(C)(C)C)cc1-c1ccccc1)c1cc(C(C)(C)C)ccc1B3c1cc3c(cc1N2c1cc2c(cc1C)C(C)(C)CCC2(C)C)C(C)(C)CC3(C)C. The molecule has 2 nitrogen and oxygen atoms in total. The van der Waals surface area contributed by atoms with E-state index in [-0.39, 0.29) is 39.2 Å². The lowest BCUT2D eigenvalue weighted by molar-refractivity contribution is 0.332. The predicted octanol–water partition coefficient (Wildman–Crippen LogP) is 15.0. The van der Waals surface area contributed by atoms with E-state index in [9.17, 15) is 0 Å². The first-order chi connectivity index (χ1) is 29.8. The number of rotatable bonds is 3. The molecular formula is C61H71BN2. The zero-order valence-electron chi connectivity index (χ0n) is 41.9. The summed E-state index contributed by atoms with van der Waals surface area (Å²) < 4.78 is 0. The molecular weight excluding hydrogens is 771 g/mol. The van der Waals surface area contributed by atoms with Crippen molar-refractivity contribution in [3.63, 3.8) is 0 Å². The summed E-state index contributed by atoms with van der Waals surface area (Å²) in [6.07, 6.45) is 3.52. The Bertz CT molecular complexity index is 2910. The minimum absolute atomic E-state index is 0.00179. The second-order valence-corrected chi connectivity index (χ2v) is 25.0. The summed E-state index contributed by atoms with van der Waals surface area (Å²) in [5.41, 5.74) is 26.1. The van der Waals surface area contributed by atoms with Crippen LogP contribution in [0.2, 0.25) is 0 Å². The fourth-order valence-electron chi connectivity index (χ4n) is 12.6. The number of nitrogens with zero attached hydrogens (tertiary/aromatic N) is 2. The van der Waals surface area contributed by atoms with Crippen LogP contribution in [-0.4, -0.2) is 6.71 Å². The smallest absolute Gasteiger partial charge is 0.252 e. The zero-order chi connectivity index (χ0) is 45.8. The van der Waals surface area contributed by atoms with E-state index in [1.54, 1.807) is 0 Å². The zero-order valence-corrected chi connectivity index (χ0v) is 41.9. The van der Waals surface area contributed by atoms with E-state index in [1.165, 1.54) is 119 Å². The highest BCUT2D eigenvalue weighted by Gasteiger charge is 2.49. The lowest BCUT2D eigenvalue weighted by Gasteiger charge is -2.47. The minimum Gasteiger partial charge on any atom is -0.311 e. The highest BCUT2D eigenvalue weighted by molar-refractivity contribution is 7.00. The van der Waals surface area contributed by atoms with Gasteiger partial charge in [-0.3, -0.25) is 0 Å². The number of hydrogen-bond donors (Lipinski definition) is 0. The van der Waals surface area contributed by atoms with Gasteiger partial charge in [0, 0.05) is 34.0 Å². The minimum atomic E-state index is -0.0267. The second-order valence-electron chi connectivity index (χ2n) is 25.0. The van der Waals surface area contributed by atoms with Crippen LogP contribution in [0.5, 0.6) is 0 Å². The number of fused-ring (bicyclic) bond motifs is 6. The Kier molecular flexibility index (Phi) is 9.22. The number of aryl methyl sites for hydroxylation is 2. The van der Waals surface area contributed by atoms with Crippen LogP contribution in [0.1, 0.15) is 161 Å². The van der Waals surface area contributed by atoms with E-state index in [2.05, 4.69) is 224 Å². The summed E-state index contributed by atoms with van der Waals surface area (Å²) in [5, 5.41) is 0. The summed E-state index contributed by atoms with van der Waals surface area (Å²) in [4.78, 5) is 5.39. The monoisotopic (exact) mass is 843 g/mol. The summed E-state index contributed by atoms with van der Waals surface area (Å²) in [6.45, 7) is 38.6. The Morgan fingerprint density at radius 2 is 0.953 bits per heavy atom. The maximum atomic E-state index is 2.72. The molecule has 0 aromatic heterocycles. The van der Waals surface area contributed by atoms with Crippen molar-refractivity contribution < 1.29 is 0 Å². The van der Waals surface area contributed by atoms with Crippen molar-refractivity contribution in [3.8, 4) is 11.1 Å². The molecule has 0 radical (unpaired) electrons. The topological polar surface area (TPSA) is 6.48 Å². The van der Waals surface area contributed by atoms with E-state index in [1.807, 2.05) is 0 Å². The van der Waals surface area contributed by atoms with Gasteiger partial charge in [0.25, 0.3) is 6.71 Å². The van der Waals surface area contributed by atoms with Crippen molar-refractivity contribution in [2.45, 2.75) is 163 Å². The first kappa shape index (κ1) is 42.9. The molecule has 10 rings (SSSR count). The van der Waals surface area contributed by atoms with E-state index >= 15 is 0 Å². The molecule has 0 fully saturated rings. The first-order valence-electron chi connectivity index (χ1n) is 24.2. The van der Waals surface area contributed by atoms with Crippen LogP contribution in [0.3, 0.4) is 0 Å². The van der Waals surface area contributed by atoms with Crippen molar-refractivity contribution in [1.29, 1.82) is 0 Å². The van der Waals surface area contributed by atoms with Crippen LogP contribution >= 0.6 is 0 Å². The van der Waals surface area contributed by atoms with Gasteiger partial charge in [-0.2, -0.15) is 0 Å². The second kappa shape index (κ2) is 13.8.